The second kappa shape index (κ2) is 5.32. The molecule has 2 heterocycles. The number of aromatic nitrogens is 1. The van der Waals surface area contributed by atoms with E-state index in [0.717, 1.165) is 6.07 Å². The Balaban J connectivity index is 1.76. The smallest absolute Gasteiger partial charge is 0.433 e. The molecule has 8 heteroatoms. The van der Waals surface area contributed by atoms with Crippen LogP contribution >= 0.6 is 0 Å². The highest BCUT2D eigenvalue weighted by atomic mass is 16.7. The number of hydrogen-bond donors (Lipinski definition) is 0. The summed E-state index contributed by atoms with van der Waals surface area (Å²) >= 11 is 0. The molecule has 0 saturated heterocycles. The number of esters is 1. The van der Waals surface area contributed by atoms with E-state index in [0.29, 0.717) is 11.1 Å². The summed E-state index contributed by atoms with van der Waals surface area (Å²) in [5.74, 6) is -1.38. The number of ether oxygens (including phenoxy) is 1. The van der Waals surface area contributed by atoms with Gasteiger partial charge in [-0.1, -0.05) is 12.1 Å². The van der Waals surface area contributed by atoms with Gasteiger partial charge in [-0.2, -0.15) is 0 Å². The first-order valence-corrected chi connectivity index (χ1v) is 6.35. The minimum atomic E-state index is -0.831. The Morgan fingerprint density at radius 3 is 2.73 bits per heavy atom. The van der Waals surface area contributed by atoms with Gasteiger partial charge in [0.05, 0.1) is 6.07 Å². The van der Waals surface area contributed by atoms with Crippen LogP contribution in [0.25, 0.3) is 11.1 Å². The molecule has 0 aliphatic heterocycles. The summed E-state index contributed by atoms with van der Waals surface area (Å²) < 4.78 is 15.4. The lowest BCUT2D eigenvalue weighted by molar-refractivity contribution is -0.402. The number of rotatable bonds is 4. The monoisotopic (exact) mass is 302 g/mol. The number of benzene rings is 1. The van der Waals surface area contributed by atoms with E-state index in [1.807, 2.05) is 6.07 Å². The van der Waals surface area contributed by atoms with Crippen LogP contribution in [0.4, 0.5) is 5.88 Å². The predicted octanol–water partition coefficient (Wildman–Crippen LogP) is 3.25. The second-order valence-electron chi connectivity index (χ2n) is 4.46. The average Bonchev–Trinajstić information content (AvgIpc) is 3.14. The minimum Gasteiger partial charge on any atom is -0.447 e. The van der Waals surface area contributed by atoms with Gasteiger partial charge >= 0.3 is 11.9 Å². The van der Waals surface area contributed by atoms with E-state index in [9.17, 15) is 14.9 Å². The molecule has 22 heavy (non-hydrogen) atoms. The Kier molecular flexibility index (Phi) is 3.34. The molecule has 0 bridgehead atoms. The summed E-state index contributed by atoms with van der Waals surface area (Å²) in [6.45, 7) is 1.58. The van der Waals surface area contributed by atoms with Gasteiger partial charge in [0, 0.05) is 0 Å². The lowest BCUT2D eigenvalue weighted by Gasteiger charge is -2.07. The van der Waals surface area contributed by atoms with Gasteiger partial charge in [-0.05, 0) is 25.1 Å². The lowest BCUT2D eigenvalue weighted by Crippen LogP contribution is -2.08. The Labute approximate surface area is 123 Å². The number of nitrogens with zero attached hydrogens (tertiary/aromatic N) is 2. The summed E-state index contributed by atoms with van der Waals surface area (Å²) in [5.41, 5.74) is 1.23. The third-order valence-corrected chi connectivity index (χ3v) is 2.91. The van der Waals surface area contributed by atoms with Crippen molar-refractivity contribution in [3.63, 3.8) is 0 Å². The van der Waals surface area contributed by atoms with Crippen molar-refractivity contribution in [2.45, 2.75) is 13.0 Å². The summed E-state index contributed by atoms with van der Waals surface area (Å²) in [6, 6.07) is 9.40. The molecule has 3 aromatic rings. The molecule has 0 spiro atoms. The number of carbonyl (C=O) groups excluding carboxylic acids is 1. The van der Waals surface area contributed by atoms with Gasteiger partial charge < -0.3 is 13.6 Å². The van der Waals surface area contributed by atoms with Gasteiger partial charge in [-0.25, -0.2) is 9.78 Å². The summed E-state index contributed by atoms with van der Waals surface area (Å²) in [6.07, 6.45) is -0.760. The van der Waals surface area contributed by atoms with Crippen LogP contribution in [0.5, 0.6) is 0 Å². The van der Waals surface area contributed by atoms with Crippen molar-refractivity contribution in [3.8, 4) is 0 Å². The Hall–Kier alpha value is -3.16. The lowest BCUT2D eigenvalue weighted by atomic mass is 10.3. The number of carbonyl (C=O) groups is 1. The molecule has 0 amide bonds. The van der Waals surface area contributed by atoms with Crippen LogP contribution in [0.15, 0.2) is 45.2 Å². The second-order valence-corrected chi connectivity index (χ2v) is 4.46. The van der Waals surface area contributed by atoms with Crippen LogP contribution in [0.1, 0.15) is 29.5 Å². The molecule has 0 radical (unpaired) electrons. The van der Waals surface area contributed by atoms with Crippen molar-refractivity contribution in [3.05, 3.63) is 58.2 Å². The van der Waals surface area contributed by atoms with Crippen molar-refractivity contribution >= 4 is 23.0 Å². The van der Waals surface area contributed by atoms with E-state index < -0.39 is 22.9 Å². The number of oxazole rings is 1. The van der Waals surface area contributed by atoms with Crippen molar-refractivity contribution < 1.29 is 23.3 Å². The van der Waals surface area contributed by atoms with Crippen LogP contribution in [0, 0.1) is 10.1 Å². The maximum absolute atomic E-state index is 11.9. The van der Waals surface area contributed by atoms with E-state index in [4.69, 9.17) is 13.6 Å². The van der Waals surface area contributed by atoms with Gasteiger partial charge in [0.25, 0.3) is 0 Å². The molecule has 0 aliphatic carbocycles. The third-order valence-electron chi connectivity index (χ3n) is 2.91. The molecule has 0 saturated carbocycles. The Morgan fingerprint density at radius 2 is 2.05 bits per heavy atom. The molecular formula is C14H10N2O6. The van der Waals surface area contributed by atoms with Crippen molar-refractivity contribution in [2.75, 3.05) is 0 Å². The van der Waals surface area contributed by atoms with E-state index in [1.165, 1.54) is 6.07 Å². The van der Waals surface area contributed by atoms with Crippen LogP contribution in [-0.2, 0) is 4.74 Å². The highest BCUT2D eigenvalue weighted by Crippen LogP contribution is 2.24. The van der Waals surface area contributed by atoms with Gasteiger partial charge in [-0.15, -0.1) is 0 Å². The van der Waals surface area contributed by atoms with E-state index in [-0.39, 0.29) is 11.7 Å². The summed E-state index contributed by atoms with van der Waals surface area (Å²) in [4.78, 5) is 25.9. The molecule has 1 atom stereocenters. The summed E-state index contributed by atoms with van der Waals surface area (Å²) in [5, 5.41) is 10.5. The van der Waals surface area contributed by atoms with Gasteiger partial charge in [0.15, 0.2) is 11.7 Å². The number of furan rings is 1. The fourth-order valence-corrected chi connectivity index (χ4v) is 1.87. The molecule has 0 aliphatic rings. The fraction of sp³-hybridized carbons (Fsp3) is 0.143. The SMILES string of the molecule is C[C@H](OC(=O)c1ccc([N+](=O)[O-])o1)c1nc2ccccc2o1. The maximum Gasteiger partial charge on any atom is 0.433 e. The van der Waals surface area contributed by atoms with Crippen molar-refractivity contribution in [2.24, 2.45) is 0 Å². The van der Waals surface area contributed by atoms with Gasteiger partial charge in [0.1, 0.15) is 10.4 Å². The topological polar surface area (TPSA) is 109 Å². The van der Waals surface area contributed by atoms with E-state index in [2.05, 4.69) is 4.98 Å². The van der Waals surface area contributed by atoms with Crippen molar-refractivity contribution in [1.82, 2.24) is 4.98 Å². The maximum atomic E-state index is 11.9. The van der Waals surface area contributed by atoms with E-state index in [1.54, 1.807) is 25.1 Å². The van der Waals surface area contributed by atoms with Gasteiger partial charge in [-0.3, -0.25) is 10.1 Å². The molecular weight excluding hydrogens is 292 g/mol. The highest BCUT2D eigenvalue weighted by molar-refractivity contribution is 5.86. The predicted molar refractivity (Wildman–Crippen MR) is 73.2 cm³/mol. The molecule has 1 aromatic carbocycles. The zero-order valence-electron chi connectivity index (χ0n) is 11.4. The molecule has 8 nitrogen and oxygen atoms in total. The molecule has 0 unspecified atom stereocenters. The molecule has 112 valence electrons. The normalized spacial score (nSPS) is 12.2. The van der Waals surface area contributed by atoms with Gasteiger partial charge in [0.2, 0.25) is 11.7 Å². The molecule has 3 rings (SSSR count). The van der Waals surface area contributed by atoms with Crippen molar-refractivity contribution in [1.29, 1.82) is 0 Å². The standard InChI is InChI=1S/C14H10N2O6/c1-8(13-15-9-4-2-3-5-10(9)22-13)20-14(17)11-6-7-12(21-11)16(18)19/h2-8H,1H3/t8-/m0/s1. The molecule has 0 N–H and O–H groups in total. The first-order chi connectivity index (χ1) is 10.5. The van der Waals surface area contributed by atoms with E-state index >= 15 is 0 Å². The third kappa shape index (κ3) is 2.53. The largest absolute Gasteiger partial charge is 0.447 e. The fourth-order valence-electron chi connectivity index (χ4n) is 1.87. The van der Waals surface area contributed by atoms with Crippen LogP contribution in [0.3, 0.4) is 0 Å². The quantitative estimate of drug-likeness (QED) is 0.413. The first kappa shape index (κ1) is 13.8. The van der Waals surface area contributed by atoms with Crippen LogP contribution in [-0.4, -0.2) is 15.9 Å². The number of para-hydroxylation sites is 2. The first-order valence-electron chi connectivity index (χ1n) is 6.35. The van der Waals surface area contributed by atoms with Crippen LogP contribution in [0.2, 0.25) is 0 Å². The summed E-state index contributed by atoms with van der Waals surface area (Å²) in [7, 11) is 0. The Morgan fingerprint density at radius 1 is 1.27 bits per heavy atom. The number of hydrogen-bond acceptors (Lipinski definition) is 7. The zero-order chi connectivity index (χ0) is 15.7. The van der Waals surface area contributed by atoms with Crippen LogP contribution < -0.4 is 0 Å². The Bertz CT molecular complexity index is 817. The minimum absolute atomic E-state index is 0.232. The number of fused-ring (bicyclic) bond motifs is 1. The average molecular weight is 302 g/mol. The number of nitro groups is 1. The molecule has 0 fully saturated rings. The molecule has 2 aromatic heterocycles. The zero-order valence-corrected chi connectivity index (χ0v) is 11.4. The highest BCUT2D eigenvalue weighted by Gasteiger charge is 2.23.